The van der Waals surface area contributed by atoms with Crippen LogP contribution in [0.3, 0.4) is 0 Å². The van der Waals surface area contributed by atoms with Crippen LogP contribution in [0.5, 0.6) is 0 Å². The van der Waals surface area contributed by atoms with E-state index in [0.29, 0.717) is 0 Å². The summed E-state index contributed by atoms with van der Waals surface area (Å²) in [7, 11) is 0. The minimum Gasteiger partial charge on any atom is -0.463 e. The minimum absolute atomic E-state index is 0.798. The number of rotatable bonds is 3. The second kappa shape index (κ2) is 5.87. The molecule has 1 saturated heterocycles. The predicted octanol–water partition coefficient (Wildman–Crippen LogP) is 1.59. The Morgan fingerprint density at radius 3 is 2.90 bits per heavy atom. The Labute approximate surface area is 130 Å². The lowest BCUT2D eigenvalue weighted by Crippen LogP contribution is -3.16. The van der Waals surface area contributed by atoms with Gasteiger partial charge < -0.3 is 9.73 Å². The SMILES string of the molecule is Cc1cccc(N2C[NH+](Cc3ccco3)CNC2=S)c1C. The standard InChI is InChI=1S/C16H19N3OS/c1-12-5-3-7-15(13(12)2)19-11-18(10-17-16(19)21)9-14-6-4-8-20-14/h3-8H,9-11H2,1-2H3,(H,17,21)/p+1. The molecule has 0 amide bonds. The van der Waals surface area contributed by atoms with Gasteiger partial charge >= 0.3 is 0 Å². The zero-order chi connectivity index (χ0) is 14.8. The molecule has 0 saturated carbocycles. The molecule has 1 aromatic carbocycles. The summed E-state index contributed by atoms with van der Waals surface area (Å²) in [6.07, 6.45) is 1.72. The molecule has 2 heterocycles. The van der Waals surface area contributed by atoms with E-state index in [9.17, 15) is 0 Å². The third kappa shape index (κ3) is 2.94. The molecule has 1 aliphatic heterocycles. The van der Waals surface area contributed by atoms with Crippen molar-refractivity contribution in [3.05, 3.63) is 53.5 Å². The summed E-state index contributed by atoms with van der Waals surface area (Å²) < 4.78 is 5.45. The van der Waals surface area contributed by atoms with Gasteiger partial charge in [0.2, 0.25) is 0 Å². The van der Waals surface area contributed by atoms with Crippen LogP contribution in [-0.4, -0.2) is 18.4 Å². The Kier molecular flexibility index (Phi) is 3.94. The van der Waals surface area contributed by atoms with Crippen LogP contribution < -0.4 is 15.1 Å². The average Bonchev–Trinajstić information content (AvgIpc) is 2.97. The van der Waals surface area contributed by atoms with Crippen molar-refractivity contribution in [2.24, 2.45) is 0 Å². The fourth-order valence-electron chi connectivity index (χ4n) is 2.65. The van der Waals surface area contributed by atoms with Crippen LogP contribution in [0, 0.1) is 13.8 Å². The van der Waals surface area contributed by atoms with Gasteiger partial charge in [0.15, 0.2) is 24.2 Å². The highest BCUT2D eigenvalue weighted by Gasteiger charge is 2.26. The molecular weight excluding hydrogens is 282 g/mol. The topological polar surface area (TPSA) is 32.9 Å². The molecule has 1 fully saturated rings. The summed E-state index contributed by atoms with van der Waals surface area (Å²) in [5.41, 5.74) is 3.75. The number of hydrogen-bond acceptors (Lipinski definition) is 2. The van der Waals surface area contributed by atoms with E-state index in [1.54, 1.807) is 6.26 Å². The number of anilines is 1. The van der Waals surface area contributed by atoms with Crippen molar-refractivity contribution >= 4 is 23.0 Å². The number of hydrogen-bond donors (Lipinski definition) is 2. The maximum absolute atomic E-state index is 5.49. The summed E-state index contributed by atoms with van der Waals surface area (Å²) in [6, 6.07) is 10.3. The molecule has 4 nitrogen and oxygen atoms in total. The number of aryl methyl sites for hydroxylation is 1. The number of furan rings is 1. The lowest BCUT2D eigenvalue weighted by atomic mass is 10.1. The average molecular weight is 302 g/mol. The Hall–Kier alpha value is -1.85. The molecule has 1 aromatic heterocycles. The van der Waals surface area contributed by atoms with E-state index in [0.717, 1.165) is 30.8 Å². The molecule has 2 N–H and O–H groups in total. The zero-order valence-electron chi connectivity index (χ0n) is 12.3. The molecule has 0 bridgehead atoms. The monoisotopic (exact) mass is 302 g/mol. The molecule has 0 radical (unpaired) electrons. The third-order valence-electron chi connectivity index (χ3n) is 3.99. The van der Waals surface area contributed by atoms with Crippen molar-refractivity contribution < 1.29 is 9.32 Å². The number of quaternary nitrogens is 1. The third-order valence-corrected chi connectivity index (χ3v) is 4.35. The van der Waals surface area contributed by atoms with Gasteiger partial charge in [0.05, 0.1) is 12.0 Å². The van der Waals surface area contributed by atoms with Gasteiger partial charge in [0, 0.05) is 0 Å². The lowest BCUT2D eigenvalue weighted by Gasteiger charge is -2.35. The Morgan fingerprint density at radius 2 is 2.14 bits per heavy atom. The van der Waals surface area contributed by atoms with Gasteiger partial charge in [0.25, 0.3) is 0 Å². The first-order chi connectivity index (χ1) is 10.1. The molecule has 0 aliphatic carbocycles. The Balaban J connectivity index is 1.80. The first kappa shape index (κ1) is 14.1. The van der Waals surface area contributed by atoms with Crippen LogP contribution in [0.25, 0.3) is 0 Å². The second-order valence-corrected chi connectivity index (χ2v) is 5.86. The van der Waals surface area contributed by atoms with E-state index in [-0.39, 0.29) is 0 Å². The van der Waals surface area contributed by atoms with E-state index >= 15 is 0 Å². The summed E-state index contributed by atoms with van der Waals surface area (Å²) in [5, 5.41) is 4.12. The maximum atomic E-state index is 5.49. The number of nitrogens with zero attached hydrogens (tertiary/aromatic N) is 1. The summed E-state index contributed by atoms with van der Waals surface area (Å²) in [6.45, 7) is 6.79. The second-order valence-electron chi connectivity index (χ2n) is 5.47. The zero-order valence-corrected chi connectivity index (χ0v) is 13.2. The molecule has 1 unspecified atom stereocenters. The smallest absolute Gasteiger partial charge is 0.182 e. The molecule has 21 heavy (non-hydrogen) atoms. The summed E-state index contributed by atoms with van der Waals surface area (Å²) in [4.78, 5) is 3.55. The molecule has 1 aliphatic rings. The summed E-state index contributed by atoms with van der Waals surface area (Å²) >= 11 is 5.49. The largest absolute Gasteiger partial charge is 0.463 e. The fourth-order valence-corrected chi connectivity index (χ4v) is 2.88. The van der Waals surface area contributed by atoms with Crippen molar-refractivity contribution in [2.75, 3.05) is 18.2 Å². The van der Waals surface area contributed by atoms with Gasteiger partial charge in [-0.05, 0) is 55.4 Å². The van der Waals surface area contributed by atoms with Crippen LogP contribution in [0.2, 0.25) is 0 Å². The van der Waals surface area contributed by atoms with Gasteiger partial charge in [-0.3, -0.25) is 9.80 Å². The molecule has 2 aromatic rings. The van der Waals surface area contributed by atoms with E-state index in [1.165, 1.54) is 21.7 Å². The van der Waals surface area contributed by atoms with Crippen molar-refractivity contribution in [2.45, 2.75) is 20.4 Å². The number of thiocarbonyl (C=S) groups is 1. The van der Waals surface area contributed by atoms with Crippen LogP contribution in [0.4, 0.5) is 5.69 Å². The highest BCUT2D eigenvalue weighted by atomic mass is 32.1. The van der Waals surface area contributed by atoms with Crippen molar-refractivity contribution in [1.29, 1.82) is 0 Å². The summed E-state index contributed by atoms with van der Waals surface area (Å²) in [5.74, 6) is 1.00. The minimum atomic E-state index is 0.798. The van der Waals surface area contributed by atoms with Crippen molar-refractivity contribution in [1.82, 2.24) is 5.32 Å². The van der Waals surface area contributed by atoms with Crippen LogP contribution in [0.1, 0.15) is 16.9 Å². The highest BCUT2D eigenvalue weighted by molar-refractivity contribution is 7.80. The molecule has 110 valence electrons. The predicted molar refractivity (Wildman–Crippen MR) is 87.2 cm³/mol. The first-order valence-corrected chi connectivity index (χ1v) is 7.53. The highest BCUT2D eigenvalue weighted by Crippen LogP contribution is 2.22. The van der Waals surface area contributed by atoms with Crippen LogP contribution in [0.15, 0.2) is 41.0 Å². The van der Waals surface area contributed by atoms with Gasteiger partial charge in [-0.1, -0.05) is 12.1 Å². The van der Waals surface area contributed by atoms with Gasteiger partial charge in [0.1, 0.15) is 6.54 Å². The van der Waals surface area contributed by atoms with Gasteiger partial charge in [-0.15, -0.1) is 0 Å². The van der Waals surface area contributed by atoms with E-state index < -0.39 is 0 Å². The molecule has 1 atom stereocenters. The van der Waals surface area contributed by atoms with Crippen molar-refractivity contribution in [3.63, 3.8) is 0 Å². The lowest BCUT2D eigenvalue weighted by molar-refractivity contribution is -0.917. The Bertz CT molecular complexity index is 639. The van der Waals surface area contributed by atoms with Crippen molar-refractivity contribution in [3.8, 4) is 0 Å². The number of nitrogens with one attached hydrogen (secondary N) is 2. The molecule has 5 heteroatoms. The molecule has 3 rings (SSSR count). The molecular formula is C16H20N3OS+. The van der Waals surface area contributed by atoms with Crippen LogP contribution in [-0.2, 0) is 6.54 Å². The van der Waals surface area contributed by atoms with Gasteiger partial charge in [-0.25, -0.2) is 0 Å². The fraction of sp³-hybridized carbons (Fsp3) is 0.312. The molecule has 0 spiro atoms. The normalized spacial score (nSPS) is 18.7. The van der Waals surface area contributed by atoms with E-state index in [2.05, 4.69) is 42.3 Å². The first-order valence-electron chi connectivity index (χ1n) is 7.12. The van der Waals surface area contributed by atoms with E-state index in [4.69, 9.17) is 16.6 Å². The van der Waals surface area contributed by atoms with Crippen LogP contribution >= 0.6 is 12.2 Å². The number of benzene rings is 1. The van der Waals surface area contributed by atoms with Gasteiger partial charge in [-0.2, -0.15) is 0 Å². The quantitative estimate of drug-likeness (QED) is 0.844. The Morgan fingerprint density at radius 1 is 1.29 bits per heavy atom. The van der Waals surface area contributed by atoms with E-state index in [1.807, 2.05) is 12.1 Å². The maximum Gasteiger partial charge on any atom is 0.182 e.